The smallest absolute Gasteiger partial charge is 0.229 e. The summed E-state index contributed by atoms with van der Waals surface area (Å²) in [5, 5.41) is 6.92. The van der Waals surface area contributed by atoms with Crippen LogP contribution in [0.4, 0.5) is 21.8 Å². The lowest BCUT2D eigenvalue weighted by Crippen LogP contribution is -2.09. The van der Waals surface area contributed by atoms with Gasteiger partial charge in [-0.05, 0) is 43.2 Å². The molecular weight excluding hydrogens is 339 g/mol. The SMILES string of the molecule is Cc1cc(NCCc2ccc(Cl)cc2)nc(Nc2ccccc2F)n1. The molecule has 0 saturated carbocycles. The lowest BCUT2D eigenvalue weighted by atomic mass is 10.1. The van der Waals surface area contributed by atoms with E-state index < -0.39 is 0 Å². The Kier molecular flexibility index (Phi) is 5.46. The van der Waals surface area contributed by atoms with Crippen molar-refractivity contribution in [3.63, 3.8) is 0 Å². The van der Waals surface area contributed by atoms with Crippen LogP contribution in [0.3, 0.4) is 0 Å². The zero-order chi connectivity index (χ0) is 17.6. The highest BCUT2D eigenvalue weighted by molar-refractivity contribution is 6.30. The van der Waals surface area contributed by atoms with Crippen molar-refractivity contribution in [3.8, 4) is 0 Å². The predicted octanol–water partition coefficient (Wildman–Crippen LogP) is 4.98. The summed E-state index contributed by atoms with van der Waals surface area (Å²) < 4.78 is 13.8. The number of hydrogen-bond donors (Lipinski definition) is 2. The first-order valence-electron chi connectivity index (χ1n) is 7.96. The maximum atomic E-state index is 13.8. The van der Waals surface area contributed by atoms with Crippen molar-refractivity contribution in [2.75, 3.05) is 17.2 Å². The summed E-state index contributed by atoms with van der Waals surface area (Å²) in [6.45, 7) is 2.59. The van der Waals surface area contributed by atoms with Crippen molar-refractivity contribution in [2.24, 2.45) is 0 Å². The maximum absolute atomic E-state index is 13.8. The molecule has 0 spiro atoms. The molecule has 2 aromatic carbocycles. The molecule has 0 atom stereocenters. The van der Waals surface area contributed by atoms with Crippen LogP contribution < -0.4 is 10.6 Å². The van der Waals surface area contributed by atoms with E-state index in [4.69, 9.17) is 11.6 Å². The van der Waals surface area contributed by atoms with Crippen molar-refractivity contribution < 1.29 is 4.39 Å². The van der Waals surface area contributed by atoms with Gasteiger partial charge in [0.05, 0.1) is 5.69 Å². The molecule has 0 aliphatic heterocycles. The topological polar surface area (TPSA) is 49.8 Å². The van der Waals surface area contributed by atoms with Crippen LogP contribution >= 0.6 is 11.6 Å². The largest absolute Gasteiger partial charge is 0.370 e. The standard InChI is InChI=1S/C19H18ClFN4/c1-13-12-18(22-11-10-14-6-8-15(20)9-7-14)25-19(23-13)24-17-5-3-2-4-16(17)21/h2-9,12H,10-11H2,1H3,(H2,22,23,24,25). The molecule has 2 N–H and O–H groups in total. The van der Waals surface area contributed by atoms with E-state index in [-0.39, 0.29) is 5.82 Å². The average molecular weight is 357 g/mol. The summed E-state index contributed by atoms with van der Waals surface area (Å²) in [5.74, 6) is 0.712. The third kappa shape index (κ3) is 4.90. The molecule has 1 aromatic heterocycles. The molecule has 0 radical (unpaired) electrons. The van der Waals surface area contributed by atoms with Crippen LogP contribution in [-0.2, 0) is 6.42 Å². The normalized spacial score (nSPS) is 10.5. The van der Waals surface area contributed by atoms with Crippen molar-refractivity contribution in [2.45, 2.75) is 13.3 Å². The zero-order valence-electron chi connectivity index (χ0n) is 13.8. The first-order chi connectivity index (χ1) is 12.1. The van der Waals surface area contributed by atoms with Gasteiger partial charge in [-0.1, -0.05) is 35.9 Å². The van der Waals surface area contributed by atoms with Crippen LogP contribution in [0, 0.1) is 12.7 Å². The summed E-state index contributed by atoms with van der Waals surface area (Å²) in [7, 11) is 0. The fraction of sp³-hybridized carbons (Fsp3) is 0.158. The first-order valence-corrected chi connectivity index (χ1v) is 8.33. The lowest BCUT2D eigenvalue weighted by molar-refractivity contribution is 0.631. The zero-order valence-corrected chi connectivity index (χ0v) is 14.5. The summed E-state index contributed by atoms with van der Waals surface area (Å²) in [4.78, 5) is 8.70. The molecule has 4 nitrogen and oxygen atoms in total. The monoisotopic (exact) mass is 356 g/mol. The van der Waals surface area contributed by atoms with Gasteiger partial charge in [-0.15, -0.1) is 0 Å². The van der Waals surface area contributed by atoms with Gasteiger partial charge in [0.25, 0.3) is 0 Å². The van der Waals surface area contributed by atoms with Gasteiger partial charge >= 0.3 is 0 Å². The van der Waals surface area contributed by atoms with E-state index in [1.54, 1.807) is 18.2 Å². The van der Waals surface area contributed by atoms with Crippen LogP contribution in [0.2, 0.25) is 5.02 Å². The quantitative estimate of drug-likeness (QED) is 0.654. The number of nitrogens with zero attached hydrogens (tertiary/aromatic N) is 2. The van der Waals surface area contributed by atoms with Crippen molar-refractivity contribution in [3.05, 3.63) is 76.7 Å². The predicted molar refractivity (Wildman–Crippen MR) is 100 cm³/mol. The third-order valence-corrected chi connectivity index (χ3v) is 3.86. The van der Waals surface area contributed by atoms with Gasteiger partial charge in [-0.3, -0.25) is 0 Å². The molecule has 3 aromatic rings. The second kappa shape index (κ2) is 7.94. The van der Waals surface area contributed by atoms with Gasteiger partial charge in [-0.2, -0.15) is 4.98 Å². The molecule has 25 heavy (non-hydrogen) atoms. The van der Waals surface area contributed by atoms with Gasteiger partial charge in [0, 0.05) is 23.3 Å². The van der Waals surface area contributed by atoms with Crippen LogP contribution in [0.15, 0.2) is 54.6 Å². The Bertz CT molecular complexity index is 852. The minimum absolute atomic E-state index is 0.343. The number of benzene rings is 2. The maximum Gasteiger partial charge on any atom is 0.229 e. The fourth-order valence-electron chi connectivity index (χ4n) is 2.38. The summed E-state index contributed by atoms with van der Waals surface area (Å²) in [5.41, 5.74) is 2.33. The minimum atomic E-state index is -0.343. The Balaban J connectivity index is 1.65. The summed E-state index contributed by atoms with van der Waals surface area (Å²) >= 11 is 5.89. The molecule has 0 amide bonds. The molecule has 1 heterocycles. The highest BCUT2D eigenvalue weighted by Gasteiger charge is 2.06. The molecule has 0 bridgehead atoms. The van der Waals surface area contributed by atoms with Crippen LogP contribution in [0.1, 0.15) is 11.3 Å². The molecule has 0 fully saturated rings. The number of aromatic nitrogens is 2. The molecule has 0 aliphatic rings. The second-order valence-corrected chi connectivity index (χ2v) is 6.06. The van der Waals surface area contributed by atoms with Gasteiger partial charge in [0.15, 0.2) is 0 Å². The van der Waals surface area contributed by atoms with Gasteiger partial charge in [0.1, 0.15) is 11.6 Å². The second-order valence-electron chi connectivity index (χ2n) is 5.63. The van der Waals surface area contributed by atoms with Gasteiger partial charge in [-0.25, -0.2) is 9.37 Å². The molecular formula is C19H18ClFN4. The van der Waals surface area contributed by atoms with Crippen LogP contribution in [0.25, 0.3) is 0 Å². The molecule has 128 valence electrons. The van der Waals surface area contributed by atoms with E-state index in [0.29, 0.717) is 17.5 Å². The number of aryl methyl sites for hydroxylation is 1. The van der Waals surface area contributed by atoms with E-state index in [2.05, 4.69) is 20.6 Å². The van der Waals surface area contributed by atoms with Gasteiger partial charge < -0.3 is 10.6 Å². The summed E-state index contributed by atoms with van der Waals surface area (Å²) in [6.07, 6.45) is 0.844. The number of rotatable bonds is 6. The first kappa shape index (κ1) is 17.2. The van der Waals surface area contributed by atoms with Crippen molar-refractivity contribution in [1.82, 2.24) is 9.97 Å². The minimum Gasteiger partial charge on any atom is -0.370 e. The Morgan fingerprint density at radius 1 is 1.04 bits per heavy atom. The molecule has 0 unspecified atom stereocenters. The highest BCUT2D eigenvalue weighted by atomic mass is 35.5. The lowest BCUT2D eigenvalue weighted by Gasteiger charge is -2.10. The summed E-state index contributed by atoms with van der Waals surface area (Å²) in [6, 6.07) is 16.0. The number of anilines is 3. The van der Waals surface area contributed by atoms with E-state index in [9.17, 15) is 4.39 Å². The Morgan fingerprint density at radius 2 is 1.80 bits per heavy atom. The van der Waals surface area contributed by atoms with Crippen molar-refractivity contribution >= 4 is 29.1 Å². The molecule has 6 heteroatoms. The van der Waals surface area contributed by atoms with E-state index in [1.165, 1.54) is 11.6 Å². The Hall–Kier alpha value is -2.66. The van der Waals surface area contributed by atoms with E-state index in [0.717, 1.165) is 23.7 Å². The van der Waals surface area contributed by atoms with Crippen LogP contribution in [-0.4, -0.2) is 16.5 Å². The number of halogens is 2. The molecule has 0 aliphatic carbocycles. The Morgan fingerprint density at radius 3 is 2.56 bits per heavy atom. The fourth-order valence-corrected chi connectivity index (χ4v) is 2.51. The van der Waals surface area contributed by atoms with Crippen LogP contribution in [0.5, 0.6) is 0 Å². The number of para-hydroxylation sites is 1. The number of hydrogen-bond acceptors (Lipinski definition) is 4. The van der Waals surface area contributed by atoms with Crippen molar-refractivity contribution in [1.29, 1.82) is 0 Å². The molecule has 0 saturated heterocycles. The van der Waals surface area contributed by atoms with E-state index in [1.807, 2.05) is 37.3 Å². The highest BCUT2D eigenvalue weighted by Crippen LogP contribution is 2.18. The van der Waals surface area contributed by atoms with Gasteiger partial charge in [0.2, 0.25) is 5.95 Å². The third-order valence-electron chi connectivity index (χ3n) is 3.61. The number of nitrogens with one attached hydrogen (secondary N) is 2. The van der Waals surface area contributed by atoms with E-state index >= 15 is 0 Å². The average Bonchev–Trinajstić information content (AvgIpc) is 2.58. The Labute approximate surface area is 151 Å². The molecule has 3 rings (SSSR count).